The van der Waals surface area contributed by atoms with Crippen molar-refractivity contribution < 1.29 is 24.0 Å². The van der Waals surface area contributed by atoms with Gasteiger partial charge in [0.15, 0.2) is 6.61 Å². The first kappa shape index (κ1) is 24.7. The number of carbonyl (C=O) groups excluding carboxylic acids is 2. The summed E-state index contributed by atoms with van der Waals surface area (Å²) in [4.78, 5) is 50.9. The highest BCUT2D eigenvalue weighted by atomic mass is 16.6. The zero-order valence-corrected chi connectivity index (χ0v) is 19.8. The quantitative estimate of drug-likeness (QED) is 0.299. The average molecular weight is 495 g/mol. The van der Waals surface area contributed by atoms with Crippen molar-refractivity contribution in [2.75, 3.05) is 43.1 Å². The molecule has 1 N–H and O–H groups in total. The monoisotopic (exact) mass is 495 g/mol. The summed E-state index contributed by atoms with van der Waals surface area (Å²) in [6, 6.07) is 12.9. The fourth-order valence-corrected chi connectivity index (χ4v) is 3.98. The number of rotatable bonds is 7. The summed E-state index contributed by atoms with van der Waals surface area (Å²) in [7, 11) is 1.69. The predicted molar refractivity (Wildman–Crippen MR) is 131 cm³/mol. The summed E-state index contributed by atoms with van der Waals surface area (Å²) in [5, 5.41) is 13.8. The fourth-order valence-electron chi connectivity index (χ4n) is 3.98. The van der Waals surface area contributed by atoms with Crippen LogP contribution in [-0.4, -0.2) is 59.1 Å². The van der Waals surface area contributed by atoms with Crippen molar-refractivity contribution in [3.8, 4) is 5.69 Å². The first-order chi connectivity index (χ1) is 17.3. The molecule has 0 unspecified atom stereocenters. The second kappa shape index (κ2) is 10.4. The maximum atomic E-state index is 13.0. The normalized spacial score (nSPS) is 13.3. The number of morpholine rings is 1. The Morgan fingerprint density at radius 2 is 1.83 bits per heavy atom. The number of esters is 1. The van der Waals surface area contributed by atoms with Gasteiger partial charge in [0, 0.05) is 32.3 Å². The summed E-state index contributed by atoms with van der Waals surface area (Å²) in [6.07, 6.45) is 0. The molecule has 1 aliphatic rings. The van der Waals surface area contributed by atoms with Crippen molar-refractivity contribution in [2.45, 2.75) is 6.92 Å². The van der Waals surface area contributed by atoms with Crippen LogP contribution in [0.4, 0.5) is 17.1 Å². The summed E-state index contributed by atoms with van der Waals surface area (Å²) in [5.41, 5.74) is 0.920. The molecular formula is C24H25N5O7. The number of para-hydroxylation sites is 1. The highest BCUT2D eigenvalue weighted by Gasteiger charge is 2.24. The highest BCUT2D eigenvalue weighted by molar-refractivity contribution is 5.99. The van der Waals surface area contributed by atoms with Crippen molar-refractivity contribution in [2.24, 2.45) is 7.05 Å². The fraction of sp³-hybridized carbons (Fsp3) is 0.292. The number of nitro benzene ring substituents is 1. The molecule has 188 valence electrons. The second-order valence-electron chi connectivity index (χ2n) is 8.12. The van der Waals surface area contributed by atoms with Crippen molar-refractivity contribution in [1.29, 1.82) is 0 Å². The SMILES string of the molecule is Cc1c(NC(=O)COC(=O)c2cc([N+](=O)[O-])ccc2N2CCOCC2)c(=O)n(-c2ccccc2)n1C. The number of hydrogen-bond acceptors (Lipinski definition) is 8. The molecule has 0 saturated carbocycles. The third-order valence-corrected chi connectivity index (χ3v) is 5.92. The zero-order chi connectivity index (χ0) is 25.8. The van der Waals surface area contributed by atoms with Gasteiger partial charge in [0.2, 0.25) is 0 Å². The number of aromatic nitrogens is 2. The number of anilines is 2. The van der Waals surface area contributed by atoms with Gasteiger partial charge in [-0.1, -0.05) is 18.2 Å². The number of carbonyl (C=O) groups is 2. The number of nitrogens with one attached hydrogen (secondary N) is 1. The van der Waals surface area contributed by atoms with Gasteiger partial charge in [-0.05, 0) is 25.1 Å². The lowest BCUT2D eigenvalue weighted by Gasteiger charge is -2.30. The van der Waals surface area contributed by atoms with E-state index in [4.69, 9.17) is 9.47 Å². The second-order valence-corrected chi connectivity index (χ2v) is 8.12. The van der Waals surface area contributed by atoms with E-state index in [1.165, 1.54) is 16.8 Å². The number of benzene rings is 2. The molecule has 1 amide bonds. The number of amides is 1. The minimum Gasteiger partial charge on any atom is -0.452 e. The van der Waals surface area contributed by atoms with Crippen LogP contribution in [0.2, 0.25) is 0 Å². The van der Waals surface area contributed by atoms with Crippen LogP contribution in [0.5, 0.6) is 0 Å². The molecule has 0 radical (unpaired) electrons. The first-order valence-electron chi connectivity index (χ1n) is 11.2. The molecule has 36 heavy (non-hydrogen) atoms. The molecule has 4 rings (SSSR count). The lowest BCUT2D eigenvalue weighted by atomic mass is 10.1. The van der Waals surface area contributed by atoms with E-state index >= 15 is 0 Å². The summed E-state index contributed by atoms with van der Waals surface area (Å²) >= 11 is 0. The van der Waals surface area contributed by atoms with E-state index in [2.05, 4.69) is 5.32 Å². The Labute approximate surface area is 205 Å². The van der Waals surface area contributed by atoms with Gasteiger partial charge in [0.05, 0.1) is 40.8 Å². The maximum Gasteiger partial charge on any atom is 0.341 e. The van der Waals surface area contributed by atoms with Gasteiger partial charge in [-0.15, -0.1) is 0 Å². The summed E-state index contributed by atoms with van der Waals surface area (Å²) in [5.74, 6) is -1.60. The van der Waals surface area contributed by atoms with Crippen molar-refractivity contribution >= 4 is 28.9 Å². The predicted octanol–water partition coefficient (Wildman–Crippen LogP) is 2.02. The van der Waals surface area contributed by atoms with Gasteiger partial charge < -0.3 is 19.7 Å². The lowest BCUT2D eigenvalue weighted by molar-refractivity contribution is -0.384. The number of nitrogens with zero attached hydrogens (tertiary/aromatic N) is 4. The van der Waals surface area contributed by atoms with Crippen LogP contribution in [0.15, 0.2) is 53.3 Å². The Balaban J connectivity index is 1.50. The van der Waals surface area contributed by atoms with E-state index in [1.54, 1.807) is 42.9 Å². The Bertz CT molecular complexity index is 1360. The zero-order valence-electron chi connectivity index (χ0n) is 19.8. The topological polar surface area (TPSA) is 138 Å². The molecule has 12 heteroatoms. The molecule has 1 saturated heterocycles. The lowest BCUT2D eigenvalue weighted by Crippen LogP contribution is -2.37. The molecule has 0 atom stereocenters. The Morgan fingerprint density at radius 1 is 1.14 bits per heavy atom. The van der Waals surface area contributed by atoms with Gasteiger partial charge in [-0.25, -0.2) is 9.48 Å². The Kier molecular flexibility index (Phi) is 7.15. The van der Waals surface area contributed by atoms with Gasteiger partial charge in [0.25, 0.3) is 17.2 Å². The summed E-state index contributed by atoms with van der Waals surface area (Å²) in [6.45, 7) is 2.90. The maximum absolute atomic E-state index is 13.0. The third kappa shape index (κ3) is 4.98. The molecular weight excluding hydrogens is 470 g/mol. The van der Waals surface area contributed by atoms with Gasteiger partial charge in [0.1, 0.15) is 5.69 Å². The van der Waals surface area contributed by atoms with Crippen molar-refractivity contribution in [3.05, 3.63) is 80.3 Å². The van der Waals surface area contributed by atoms with Crippen LogP contribution in [0.25, 0.3) is 5.69 Å². The van der Waals surface area contributed by atoms with E-state index in [9.17, 15) is 24.5 Å². The largest absolute Gasteiger partial charge is 0.452 e. The minimum absolute atomic E-state index is 0.0266. The van der Waals surface area contributed by atoms with E-state index < -0.39 is 29.0 Å². The van der Waals surface area contributed by atoms with E-state index in [-0.39, 0.29) is 16.9 Å². The highest BCUT2D eigenvalue weighted by Crippen LogP contribution is 2.27. The minimum atomic E-state index is -0.887. The summed E-state index contributed by atoms with van der Waals surface area (Å²) < 4.78 is 13.5. The number of nitro groups is 1. The molecule has 1 aromatic heterocycles. The molecule has 2 aromatic carbocycles. The van der Waals surface area contributed by atoms with Crippen LogP contribution in [-0.2, 0) is 21.3 Å². The Hall–Kier alpha value is -4.45. The van der Waals surface area contributed by atoms with E-state index in [0.717, 1.165) is 6.07 Å². The molecule has 1 fully saturated rings. The Morgan fingerprint density at radius 3 is 2.50 bits per heavy atom. The van der Waals surface area contributed by atoms with Crippen LogP contribution in [0.3, 0.4) is 0 Å². The average Bonchev–Trinajstić information content (AvgIpc) is 3.10. The number of hydrogen-bond donors (Lipinski definition) is 1. The van der Waals surface area contributed by atoms with Crippen LogP contribution in [0, 0.1) is 17.0 Å². The van der Waals surface area contributed by atoms with E-state index in [1.807, 2.05) is 11.0 Å². The molecule has 2 heterocycles. The molecule has 0 spiro atoms. The molecule has 12 nitrogen and oxygen atoms in total. The van der Waals surface area contributed by atoms with Crippen LogP contribution < -0.4 is 15.8 Å². The van der Waals surface area contributed by atoms with Gasteiger partial charge >= 0.3 is 5.97 Å². The van der Waals surface area contributed by atoms with Crippen LogP contribution in [0.1, 0.15) is 16.1 Å². The van der Waals surface area contributed by atoms with Gasteiger partial charge in [-0.2, -0.15) is 0 Å². The van der Waals surface area contributed by atoms with E-state index in [0.29, 0.717) is 43.4 Å². The van der Waals surface area contributed by atoms with Crippen molar-refractivity contribution in [3.63, 3.8) is 0 Å². The number of ether oxygens (including phenoxy) is 2. The van der Waals surface area contributed by atoms with Gasteiger partial charge in [-0.3, -0.25) is 24.4 Å². The molecule has 0 bridgehead atoms. The standard InChI is InChI=1S/C24H25N5O7/c1-16-22(23(31)28(26(16)2)17-6-4-3-5-7-17)25-21(30)15-36-24(32)19-14-18(29(33)34)8-9-20(19)27-10-12-35-13-11-27/h3-9,14H,10-13,15H2,1-2H3,(H,25,30). The van der Waals surface area contributed by atoms with Crippen LogP contribution >= 0.6 is 0 Å². The first-order valence-corrected chi connectivity index (χ1v) is 11.2. The van der Waals surface area contributed by atoms with Crippen molar-refractivity contribution in [1.82, 2.24) is 9.36 Å². The molecule has 1 aliphatic heterocycles. The molecule has 0 aliphatic carbocycles. The third-order valence-electron chi connectivity index (χ3n) is 5.92. The molecule has 3 aromatic rings. The smallest absolute Gasteiger partial charge is 0.341 e. The number of non-ortho nitro benzene ring substituents is 1.